The van der Waals surface area contributed by atoms with Crippen molar-refractivity contribution < 1.29 is 4.79 Å². The van der Waals surface area contributed by atoms with Gasteiger partial charge in [0.1, 0.15) is 5.92 Å². The Hall–Kier alpha value is -1.30. The Morgan fingerprint density at radius 3 is 2.86 bits per heavy atom. The molecular formula is C11H14N2O. The van der Waals surface area contributed by atoms with Crippen LogP contribution in [0.4, 0.5) is 0 Å². The van der Waals surface area contributed by atoms with E-state index in [1.807, 2.05) is 6.92 Å². The van der Waals surface area contributed by atoms with Crippen LogP contribution >= 0.6 is 0 Å². The highest BCUT2D eigenvalue weighted by Gasteiger charge is 2.35. The summed E-state index contributed by atoms with van der Waals surface area (Å²) in [6.45, 7) is 1.99. The predicted octanol–water partition coefficient (Wildman–Crippen LogP) is 1.72. The average molecular weight is 190 g/mol. The van der Waals surface area contributed by atoms with Crippen LogP contribution in [-0.2, 0) is 4.79 Å². The molecule has 1 aliphatic carbocycles. The normalized spacial score (nSPS) is 31.9. The third kappa shape index (κ3) is 1.31. The van der Waals surface area contributed by atoms with E-state index in [4.69, 9.17) is 5.26 Å². The summed E-state index contributed by atoms with van der Waals surface area (Å²) < 4.78 is 0. The van der Waals surface area contributed by atoms with Gasteiger partial charge < -0.3 is 5.32 Å². The Bertz CT molecular complexity index is 338. The fourth-order valence-corrected chi connectivity index (χ4v) is 2.40. The second-order valence-corrected chi connectivity index (χ2v) is 4.10. The number of amides is 1. The molecule has 1 aliphatic heterocycles. The third-order valence-electron chi connectivity index (χ3n) is 3.26. The second-order valence-electron chi connectivity index (χ2n) is 4.10. The topological polar surface area (TPSA) is 52.9 Å². The first kappa shape index (κ1) is 9.26. The van der Waals surface area contributed by atoms with Crippen LogP contribution < -0.4 is 5.32 Å². The van der Waals surface area contributed by atoms with E-state index in [0.717, 1.165) is 25.0 Å². The third-order valence-corrected chi connectivity index (χ3v) is 3.26. The van der Waals surface area contributed by atoms with Gasteiger partial charge in [-0.2, -0.15) is 5.26 Å². The van der Waals surface area contributed by atoms with Gasteiger partial charge in [0.15, 0.2) is 0 Å². The van der Waals surface area contributed by atoms with Crippen molar-refractivity contribution in [2.75, 3.05) is 0 Å². The zero-order valence-corrected chi connectivity index (χ0v) is 8.34. The molecule has 1 heterocycles. The molecule has 1 N–H and O–H groups in total. The number of allylic oxidation sites excluding steroid dienone is 2. The number of hydrogen-bond acceptors (Lipinski definition) is 2. The fourth-order valence-electron chi connectivity index (χ4n) is 2.40. The minimum atomic E-state index is -0.480. The summed E-state index contributed by atoms with van der Waals surface area (Å²) in [6, 6.07) is 2.09. The van der Waals surface area contributed by atoms with E-state index >= 15 is 0 Å². The first-order valence-electron chi connectivity index (χ1n) is 5.16. The number of nitriles is 1. The van der Waals surface area contributed by atoms with Crippen LogP contribution in [0.1, 0.15) is 32.6 Å². The van der Waals surface area contributed by atoms with Crippen molar-refractivity contribution in [3.63, 3.8) is 0 Å². The van der Waals surface area contributed by atoms with Crippen LogP contribution in [0.5, 0.6) is 0 Å². The number of carbonyl (C=O) groups is 1. The van der Waals surface area contributed by atoms with E-state index in [-0.39, 0.29) is 11.8 Å². The summed E-state index contributed by atoms with van der Waals surface area (Å²) in [6.07, 6.45) is 4.37. The Kier molecular flexibility index (Phi) is 2.28. The molecule has 0 aromatic heterocycles. The Morgan fingerprint density at radius 1 is 1.43 bits per heavy atom. The van der Waals surface area contributed by atoms with Crippen molar-refractivity contribution in [3.05, 3.63) is 11.3 Å². The summed E-state index contributed by atoms with van der Waals surface area (Å²) in [4.78, 5) is 11.5. The monoisotopic (exact) mass is 190 g/mol. The van der Waals surface area contributed by atoms with Crippen molar-refractivity contribution in [3.8, 4) is 6.07 Å². The lowest BCUT2D eigenvalue weighted by Gasteiger charge is -2.32. The van der Waals surface area contributed by atoms with E-state index < -0.39 is 5.92 Å². The zero-order chi connectivity index (χ0) is 10.1. The minimum Gasteiger partial charge on any atom is -0.329 e. The quantitative estimate of drug-likeness (QED) is 0.632. The molecule has 1 amide bonds. The zero-order valence-electron chi connectivity index (χ0n) is 8.34. The van der Waals surface area contributed by atoms with Crippen LogP contribution in [0.15, 0.2) is 11.3 Å². The maximum Gasteiger partial charge on any atom is 0.242 e. The maximum atomic E-state index is 11.5. The molecule has 2 atom stereocenters. The molecule has 0 aromatic rings. The van der Waals surface area contributed by atoms with Crippen molar-refractivity contribution in [2.24, 2.45) is 11.8 Å². The van der Waals surface area contributed by atoms with Crippen LogP contribution in [0.25, 0.3) is 0 Å². The van der Waals surface area contributed by atoms with Crippen molar-refractivity contribution in [2.45, 2.75) is 32.6 Å². The van der Waals surface area contributed by atoms with Crippen molar-refractivity contribution in [1.82, 2.24) is 5.32 Å². The number of carbonyl (C=O) groups excluding carboxylic acids is 1. The molecule has 0 saturated carbocycles. The summed E-state index contributed by atoms with van der Waals surface area (Å²) >= 11 is 0. The molecule has 0 radical (unpaired) electrons. The van der Waals surface area contributed by atoms with Gasteiger partial charge in [-0.25, -0.2) is 0 Å². The summed E-state index contributed by atoms with van der Waals surface area (Å²) in [5, 5.41) is 11.8. The Labute approximate surface area is 83.8 Å². The molecule has 3 heteroatoms. The summed E-state index contributed by atoms with van der Waals surface area (Å²) in [7, 11) is 0. The van der Waals surface area contributed by atoms with E-state index in [1.54, 1.807) is 0 Å². The molecule has 74 valence electrons. The van der Waals surface area contributed by atoms with Crippen LogP contribution in [-0.4, -0.2) is 5.91 Å². The highest BCUT2D eigenvalue weighted by molar-refractivity contribution is 5.85. The molecule has 0 bridgehead atoms. The lowest BCUT2D eigenvalue weighted by Crippen LogP contribution is -2.40. The molecule has 2 aliphatic rings. The van der Waals surface area contributed by atoms with Gasteiger partial charge in [0.05, 0.1) is 6.07 Å². The molecule has 2 rings (SSSR count). The van der Waals surface area contributed by atoms with E-state index in [0.29, 0.717) is 0 Å². The lowest BCUT2D eigenvalue weighted by atomic mass is 9.78. The first-order chi connectivity index (χ1) is 6.74. The van der Waals surface area contributed by atoms with E-state index in [2.05, 4.69) is 11.4 Å². The smallest absolute Gasteiger partial charge is 0.242 e. The first-order valence-corrected chi connectivity index (χ1v) is 5.16. The number of hydrogen-bond donors (Lipinski definition) is 1. The largest absolute Gasteiger partial charge is 0.329 e. The van der Waals surface area contributed by atoms with Crippen molar-refractivity contribution in [1.29, 1.82) is 5.26 Å². The minimum absolute atomic E-state index is 0.111. The van der Waals surface area contributed by atoms with Gasteiger partial charge in [0.25, 0.3) is 0 Å². The molecule has 0 spiro atoms. The van der Waals surface area contributed by atoms with Gasteiger partial charge in [0.2, 0.25) is 5.91 Å². The van der Waals surface area contributed by atoms with Crippen LogP contribution in [0.3, 0.4) is 0 Å². The van der Waals surface area contributed by atoms with E-state index in [9.17, 15) is 4.79 Å². The maximum absolute atomic E-state index is 11.5. The summed E-state index contributed by atoms with van der Waals surface area (Å²) in [5.74, 6) is -0.475. The molecular weight excluding hydrogens is 176 g/mol. The molecule has 0 fully saturated rings. The molecule has 14 heavy (non-hydrogen) atoms. The highest BCUT2D eigenvalue weighted by Crippen LogP contribution is 2.35. The summed E-state index contributed by atoms with van der Waals surface area (Å²) in [5.41, 5.74) is 2.41. The fraction of sp³-hybridized carbons (Fsp3) is 0.636. The van der Waals surface area contributed by atoms with Crippen LogP contribution in [0, 0.1) is 23.2 Å². The van der Waals surface area contributed by atoms with E-state index in [1.165, 1.54) is 12.0 Å². The molecule has 3 nitrogen and oxygen atoms in total. The Balaban J connectivity index is 2.33. The predicted molar refractivity (Wildman–Crippen MR) is 51.9 cm³/mol. The highest BCUT2D eigenvalue weighted by atomic mass is 16.2. The number of nitrogens with zero attached hydrogens (tertiary/aromatic N) is 1. The standard InChI is InChI=1S/C11H14N2O/c1-7-8-4-2-3-5-10(8)13-11(14)9(7)6-12/h7,9H,2-5H2,1H3,(H,13,14)/t7-,9+/m1/s1. The SMILES string of the molecule is C[C@@H]1C2=C(CCCC2)NC(=O)[C@H]1C#N. The number of rotatable bonds is 0. The van der Waals surface area contributed by atoms with Gasteiger partial charge in [0, 0.05) is 11.6 Å². The van der Waals surface area contributed by atoms with Crippen LogP contribution in [0.2, 0.25) is 0 Å². The van der Waals surface area contributed by atoms with Gasteiger partial charge >= 0.3 is 0 Å². The molecule has 0 saturated heterocycles. The van der Waals surface area contributed by atoms with Crippen molar-refractivity contribution >= 4 is 5.91 Å². The van der Waals surface area contributed by atoms with Gasteiger partial charge in [-0.15, -0.1) is 0 Å². The lowest BCUT2D eigenvalue weighted by molar-refractivity contribution is -0.124. The van der Waals surface area contributed by atoms with Gasteiger partial charge in [-0.1, -0.05) is 6.92 Å². The van der Waals surface area contributed by atoms with Gasteiger partial charge in [-0.3, -0.25) is 4.79 Å². The second kappa shape index (κ2) is 3.45. The average Bonchev–Trinajstić information content (AvgIpc) is 2.18. The van der Waals surface area contributed by atoms with Gasteiger partial charge in [-0.05, 0) is 31.3 Å². The number of nitrogens with one attached hydrogen (secondary N) is 1. The molecule has 0 unspecified atom stereocenters. The Morgan fingerprint density at radius 2 is 2.14 bits per heavy atom. The molecule has 0 aromatic carbocycles.